The maximum Gasteiger partial charge on any atom is 0.357 e. The Morgan fingerprint density at radius 1 is 1.03 bits per heavy atom. The van der Waals surface area contributed by atoms with Crippen molar-refractivity contribution >= 4 is 38.5 Å². The molecule has 2 heterocycles. The van der Waals surface area contributed by atoms with Gasteiger partial charge in [0.05, 0.1) is 38.5 Å². The van der Waals surface area contributed by atoms with Crippen LogP contribution in [0.25, 0.3) is 16.6 Å². The molecule has 0 radical (unpaired) electrons. The summed E-state index contributed by atoms with van der Waals surface area (Å²) in [5.74, 6) is 0.225. The van der Waals surface area contributed by atoms with Crippen LogP contribution in [0.4, 0.5) is 0 Å². The van der Waals surface area contributed by atoms with Crippen molar-refractivity contribution in [2.24, 2.45) is 0 Å². The quantitative estimate of drug-likeness (QED) is 0.288. The average Bonchev–Trinajstić information content (AvgIpc) is 3.26. The van der Waals surface area contributed by atoms with Crippen LogP contribution >= 0.6 is 11.6 Å². The number of carboxylic acids is 1. The first-order valence-corrected chi connectivity index (χ1v) is 13.4. The number of halogens is 1. The number of hydrogen-bond donors (Lipinski definition) is 1. The second-order valence-electron chi connectivity index (χ2n) is 8.30. The summed E-state index contributed by atoms with van der Waals surface area (Å²) in [6.07, 6.45) is 2.48. The number of ether oxygens (including phenoxy) is 3. The minimum Gasteiger partial charge on any atom is -0.497 e. The van der Waals surface area contributed by atoms with Crippen molar-refractivity contribution < 1.29 is 32.5 Å². The van der Waals surface area contributed by atoms with Crippen LogP contribution in [0.5, 0.6) is 17.2 Å². The Morgan fingerprint density at radius 2 is 1.76 bits per heavy atom. The summed E-state index contributed by atoms with van der Waals surface area (Å²) in [5.41, 5.74) is 1.98. The second-order valence-corrected chi connectivity index (χ2v) is 10.7. The molecule has 4 rings (SSSR count). The molecule has 0 aliphatic rings. The van der Waals surface area contributed by atoms with E-state index < -0.39 is 16.0 Å². The highest BCUT2D eigenvalue weighted by Gasteiger charge is 2.23. The SMILES string of the molecule is COc1ccc(CN(Cc2ccc(-n3nc(C(=O)O)c4cnc(Cl)cc43)c(OC)c2)S(C)(=O)=O)c(OC)c1. The summed E-state index contributed by atoms with van der Waals surface area (Å²) in [5, 5.41) is 14.3. The molecule has 4 aromatic rings. The summed E-state index contributed by atoms with van der Waals surface area (Å²) >= 11 is 6.06. The highest BCUT2D eigenvalue weighted by molar-refractivity contribution is 7.88. The van der Waals surface area contributed by atoms with E-state index in [9.17, 15) is 18.3 Å². The lowest BCUT2D eigenvalue weighted by Gasteiger charge is -2.22. The average molecular weight is 561 g/mol. The van der Waals surface area contributed by atoms with Crippen LogP contribution in [0.3, 0.4) is 0 Å². The smallest absolute Gasteiger partial charge is 0.357 e. The van der Waals surface area contributed by atoms with Crippen LogP contribution in [0, 0.1) is 0 Å². The van der Waals surface area contributed by atoms with Gasteiger partial charge in [-0.15, -0.1) is 0 Å². The Morgan fingerprint density at radius 3 is 2.39 bits per heavy atom. The van der Waals surface area contributed by atoms with E-state index >= 15 is 0 Å². The number of rotatable bonds is 10. The normalized spacial score (nSPS) is 11.6. The van der Waals surface area contributed by atoms with Crippen molar-refractivity contribution in [3.63, 3.8) is 0 Å². The molecule has 200 valence electrons. The molecule has 0 aliphatic carbocycles. The van der Waals surface area contributed by atoms with Crippen LogP contribution in [-0.2, 0) is 23.1 Å². The first-order chi connectivity index (χ1) is 18.0. The number of aromatic carboxylic acids is 1. The van der Waals surface area contributed by atoms with Crippen LogP contribution in [0.15, 0.2) is 48.7 Å². The van der Waals surface area contributed by atoms with Gasteiger partial charge in [0.25, 0.3) is 0 Å². The van der Waals surface area contributed by atoms with Crippen LogP contribution in [0.1, 0.15) is 21.6 Å². The molecule has 11 nitrogen and oxygen atoms in total. The number of nitrogens with zero attached hydrogens (tertiary/aromatic N) is 4. The van der Waals surface area contributed by atoms with Crippen molar-refractivity contribution in [2.45, 2.75) is 13.1 Å². The predicted molar refractivity (Wildman–Crippen MR) is 141 cm³/mol. The first-order valence-electron chi connectivity index (χ1n) is 11.2. The Balaban J connectivity index is 1.72. The summed E-state index contributed by atoms with van der Waals surface area (Å²) in [6, 6.07) is 11.8. The largest absolute Gasteiger partial charge is 0.497 e. The molecule has 0 amide bonds. The van der Waals surface area contributed by atoms with E-state index in [-0.39, 0.29) is 23.9 Å². The molecule has 0 fully saturated rings. The first kappa shape index (κ1) is 27.2. The van der Waals surface area contributed by atoms with E-state index in [4.69, 9.17) is 25.8 Å². The molecule has 0 saturated carbocycles. The topological polar surface area (TPSA) is 133 Å². The third-order valence-electron chi connectivity index (χ3n) is 5.88. The minimum absolute atomic E-state index is 0.0423. The van der Waals surface area contributed by atoms with Crippen LogP contribution in [0.2, 0.25) is 5.15 Å². The van der Waals surface area contributed by atoms with Gasteiger partial charge in [0, 0.05) is 37.0 Å². The summed E-state index contributed by atoms with van der Waals surface area (Å²) < 4.78 is 44.3. The highest BCUT2D eigenvalue weighted by atomic mass is 35.5. The van der Waals surface area contributed by atoms with Crippen molar-refractivity contribution in [3.8, 4) is 22.9 Å². The van der Waals surface area contributed by atoms with Crippen molar-refractivity contribution in [2.75, 3.05) is 27.6 Å². The summed E-state index contributed by atoms with van der Waals surface area (Å²) in [4.78, 5) is 15.7. The maximum atomic E-state index is 12.7. The lowest BCUT2D eigenvalue weighted by Crippen LogP contribution is -2.29. The van der Waals surface area contributed by atoms with Crippen LogP contribution in [-0.4, -0.2) is 66.1 Å². The van der Waals surface area contributed by atoms with Gasteiger partial charge in [-0.3, -0.25) is 0 Å². The maximum absolute atomic E-state index is 12.7. The van der Waals surface area contributed by atoms with Gasteiger partial charge in [-0.2, -0.15) is 9.40 Å². The molecule has 0 bridgehead atoms. The second kappa shape index (κ2) is 10.9. The summed E-state index contributed by atoms with van der Waals surface area (Å²) in [7, 11) is 0.874. The van der Waals surface area contributed by atoms with Gasteiger partial charge < -0.3 is 19.3 Å². The van der Waals surface area contributed by atoms with Gasteiger partial charge in [0.15, 0.2) is 5.69 Å². The number of carboxylic acid groups (broad SMARTS) is 1. The van der Waals surface area contributed by atoms with Crippen molar-refractivity contribution in [1.29, 1.82) is 0 Å². The number of carbonyl (C=O) groups is 1. The fourth-order valence-corrected chi connectivity index (χ4v) is 4.90. The molecule has 13 heteroatoms. The molecule has 38 heavy (non-hydrogen) atoms. The molecular weight excluding hydrogens is 536 g/mol. The Hall–Kier alpha value is -3.87. The molecule has 0 atom stereocenters. The Kier molecular flexibility index (Phi) is 7.76. The lowest BCUT2D eigenvalue weighted by atomic mass is 10.1. The summed E-state index contributed by atoms with van der Waals surface area (Å²) in [6.45, 7) is 0.105. The van der Waals surface area contributed by atoms with Gasteiger partial charge in [0.1, 0.15) is 28.1 Å². The highest BCUT2D eigenvalue weighted by Crippen LogP contribution is 2.31. The zero-order valence-electron chi connectivity index (χ0n) is 21.0. The Bertz CT molecular complexity index is 1620. The third-order valence-corrected chi connectivity index (χ3v) is 7.28. The number of pyridine rings is 1. The lowest BCUT2D eigenvalue weighted by molar-refractivity contribution is 0.0692. The van der Waals surface area contributed by atoms with Crippen molar-refractivity contribution in [3.05, 3.63) is 70.6 Å². The van der Waals surface area contributed by atoms with E-state index in [1.165, 1.54) is 42.6 Å². The van der Waals surface area contributed by atoms with Gasteiger partial charge >= 0.3 is 5.97 Å². The zero-order valence-corrected chi connectivity index (χ0v) is 22.6. The molecular formula is C25H25ClN4O7S. The fourth-order valence-electron chi connectivity index (χ4n) is 3.99. The number of sulfonamides is 1. The number of aromatic nitrogens is 3. The molecule has 0 spiro atoms. The molecule has 2 aromatic carbocycles. The zero-order chi connectivity index (χ0) is 27.6. The molecule has 0 aliphatic heterocycles. The third kappa shape index (κ3) is 5.52. The molecule has 2 aromatic heterocycles. The number of hydrogen-bond acceptors (Lipinski definition) is 8. The molecule has 0 unspecified atom stereocenters. The Labute approximate surface area is 224 Å². The van der Waals surface area contributed by atoms with Gasteiger partial charge in [-0.1, -0.05) is 23.7 Å². The van der Waals surface area contributed by atoms with E-state index in [0.717, 1.165) is 6.26 Å². The predicted octanol–water partition coefficient (Wildman–Crippen LogP) is 3.76. The number of methoxy groups -OCH3 is 3. The fraction of sp³-hybridized carbons (Fsp3) is 0.240. The van der Waals surface area contributed by atoms with Gasteiger partial charge in [-0.25, -0.2) is 22.9 Å². The van der Waals surface area contributed by atoms with E-state index in [1.807, 2.05) is 0 Å². The number of benzene rings is 2. The van der Waals surface area contributed by atoms with Crippen molar-refractivity contribution in [1.82, 2.24) is 19.1 Å². The molecule has 0 saturated heterocycles. The monoisotopic (exact) mass is 560 g/mol. The van der Waals surface area contributed by atoms with Crippen LogP contribution < -0.4 is 14.2 Å². The van der Waals surface area contributed by atoms with E-state index in [1.54, 1.807) is 36.4 Å². The van der Waals surface area contributed by atoms with Gasteiger partial charge in [-0.05, 0) is 23.8 Å². The van der Waals surface area contributed by atoms with Gasteiger partial charge in [0.2, 0.25) is 10.0 Å². The number of fused-ring (bicyclic) bond motifs is 1. The van der Waals surface area contributed by atoms with E-state index in [2.05, 4.69) is 10.1 Å². The minimum atomic E-state index is -3.62. The standard InChI is InChI=1S/C25H25ClN4O7S/c1-35-17-7-6-16(21(10-17)36-2)14-29(38(4,33)34)13-15-5-8-19(22(9-15)37-3)30-20-11-23(26)27-12-18(20)24(28-30)25(31)32/h5-12H,13-14H2,1-4H3,(H,31,32). The van der Waals surface area contributed by atoms with E-state index in [0.29, 0.717) is 45.0 Å². The molecule has 1 N–H and O–H groups in total.